The zero-order chi connectivity index (χ0) is 10.4. The van der Waals surface area contributed by atoms with Crippen molar-refractivity contribution in [2.45, 2.75) is 40.0 Å². The van der Waals surface area contributed by atoms with E-state index in [1.54, 1.807) is 0 Å². The summed E-state index contributed by atoms with van der Waals surface area (Å²) in [5, 5.41) is 3.57. The average Bonchev–Trinajstić information content (AvgIpc) is 2.19. The Morgan fingerprint density at radius 3 is 2.43 bits per heavy atom. The summed E-state index contributed by atoms with van der Waals surface area (Å²) in [6.07, 6.45) is 3.67. The van der Waals surface area contributed by atoms with Crippen molar-refractivity contribution in [1.82, 2.24) is 5.32 Å². The normalized spacial score (nSPS) is 21.4. The first-order valence-electron chi connectivity index (χ1n) is 6.00. The molecule has 1 N–H and O–H groups in total. The molecule has 2 heteroatoms. The summed E-state index contributed by atoms with van der Waals surface area (Å²) in [5.41, 5.74) is 0.493. The lowest BCUT2D eigenvalue weighted by Crippen LogP contribution is -2.43. The second-order valence-corrected chi connectivity index (χ2v) is 4.81. The summed E-state index contributed by atoms with van der Waals surface area (Å²) in [6.45, 7) is 11.1. The third kappa shape index (κ3) is 2.96. The number of ether oxygens (including phenoxy) is 1. The van der Waals surface area contributed by atoms with Crippen LogP contribution in [0.4, 0.5) is 0 Å². The molecule has 1 rings (SSSR count). The van der Waals surface area contributed by atoms with Gasteiger partial charge in [-0.2, -0.15) is 0 Å². The zero-order valence-corrected chi connectivity index (χ0v) is 9.94. The van der Waals surface area contributed by atoms with Gasteiger partial charge in [-0.3, -0.25) is 0 Å². The summed E-state index contributed by atoms with van der Waals surface area (Å²) in [6, 6.07) is 0. The van der Waals surface area contributed by atoms with E-state index in [0.717, 1.165) is 25.7 Å². The van der Waals surface area contributed by atoms with Crippen molar-refractivity contribution in [2.75, 3.05) is 26.3 Å². The number of hydrogen-bond donors (Lipinski definition) is 1. The Morgan fingerprint density at radius 2 is 1.93 bits per heavy atom. The highest BCUT2D eigenvalue weighted by molar-refractivity contribution is 4.86. The van der Waals surface area contributed by atoms with Gasteiger partial charge < -0.3 is 10.1 Å². The molecule has 0 amide bonds. The molecule has 84 valence electrons. The van der Waals surface area contributed by atoms with Gasteiger partial charge in [-0.05, 0) is 37.1 Å². The molecule has 0 radical (unpaired) electrons. The third-order valence-electron chi connectivity index (χ3n) is 3.62. The Balaban J connectivity index is 2.43. The molecule has 0 aliphatic carbocycles. The smallest absolute Gasteiger partial charge is 0.0471 e. The Morgan fingerprint density at radius 1 is 1.29 bits per heavy atom. The van der Waals surface area contributed by atoms with Crippen molar-refractivity contribution in [3.05, 3.63) is 0 Å². The molecule has 0 aromatic rings. The summed E-state index contributed by atoms with van der Waals surface area (Å²) in [4.78, 5) is 0. The van der Waals surface area contributed by atoms with Gasteiger partial charge in [-0.25, -0.2) is 0 Å². The minimum atomic E-state index is 0.493. The highest BCUT2D eigenvalue weighted by atomic mass is 16.5. The number of nitrogens with one attached hydrogen (secondary N) is 1. The first-order chi connectivity index (χ1) is 6.71. The molecule has 0 spiro atoms. The van der Waals surface area contributed by atoms with Crippen LogP contribution in [-0.4, -0.2) is 26.3 Å². The van der Waals surface area contributed by atoms with Crippen LogP contribution >= 0.6 is 0 Å². The van der Waals surface area contributed by atoms with Gasteiger partial charge in [-0.15, -0.1) is 0 Å². The fourth-order valence-corrected chi connectivity index (χ4v) is 2.25. The molecule has 1 aliphatic rings. The largest absolute Gasteiger partial charge is 0.381 e. The van der Waals surface area contributed by atoms with Gasteiger partial charge in [0.25, 0.3) is 0 Å². The van der Waals surface area contributed by atoms with Gasteiger partial charge in [-0.1, -0.05) is 20.8 Å². The molecule has 0 atom stereocenters. The van der Waals surface area contributed by atoms with Gasteiger partial charge in [0.05, 0.1) is 0 Å². The first-order valence-corrected chi connectivity index (χ1v) is 6.00. The topological polar surface area (TPSA) is 21.3 Å². The SMILES string of the molecule is CCCNCC1(C(C)C)CCOCC1. The highest BCUT2D eigenvalue weighted by Crippen LogP contribution is 2.37. The van der Waals surface area contributed by atoms with E-state index in [1.165, 1.54) is 25.8 Å². The lowest BCUT2D eigenvalue weighted by molar-refractivity contribution is -0.00963. The number of rotatable bonds is 5. The van der Waals surface area contributed by atoms with Gasteiger partial charge in [0, 0.05) is 19.8 Å². The molecule has 0 saturated carbocycles. The summed E-state index contributed by atoms with van der Waals surface area (Å²) in [5.74, 6) is 0.760. The Hall–Kier alpha value is -0.0800. The minimum absolute atomic E-state index is 0.493. The molecule has 0 aromatic carbocycles. The quantitative estimate of drug-likeness (QED) is 0.687. The molecule has 1 fully saturated rings. The van der Waals surface area contributed by atoms with E-state index in [4.69, 9.17) is 4.74 Å². The summed E-state index contributed by atoms with van der Waals surface area (Å²) in [7, 11) is 0. The Kier molecular flexibility index (Phi) is 4.90. The second-order valence-electron chi connectivity index (χ2n) is 4.81. The van der Waals surface area contributed by atoms with Crippen LogP contribution in [0.2, 0.25) is 0 Å². The van der Waals surface area contributed by atoms with Crippen LogP contribution in [0.25, 0.3) is 0 Å². The van der Waals surface area contributed by atoms with Gasteiger partial charge >= 0.3 is 0 Å². The fraction of sp³-hybridized carbons (Fsp3) is 1.00. The third-order valence-corrected chi connectivity index (χ3v) is 3.62. The van der Waals surface area contributed by atoms with E-state index in [0.29, 0.717) is 5.41 Å². The fourth-order valence-electron chi connectivity index (χ4n) is 2.25. The lowest BCUT2D eigenvalue weighted by atomic mass is 9.71. The predicted molar refractivity (Wildman–Crippen MR) is 60.5 cm³/mol. The van der Waals surface area contributed by atoms with E-state index < -0.39 is 0 Å². The zero-order valence-electron chi connectivity index (χ0n) is 9.94. The van der Waals surface area contributed by atoms with E-state index in [1.807, 2.05) is 0 Å². The highest BCUT2D eigenvalue weighted by Gasteiger charge is 2.34. The molecule has 0 aromatic heterocycles. The van der Waals surface area contributed by atoms with Crippen LogP contribution in [0.15, 0.2) is 0 Å². The molecule has 1 heterocycles. The van der Waals surface area contributed by atoms with Crippen LogP contribution in [0.1, 0.15) is 40.0 Å². The molecule has 0 bridgehead atoms. The summed E-state index contributed by atoms with van der Waals surface area (Å²) < 4.78 is 5.45. The van der Waals surface area contributed by atoms with E-state index in [2.05, 4.69) is 26.1 Å². The predicted octanol–water partition coefficient (Wildman–Crippen LogP) is 2.44. The number of hydrogen-bond acceptors (Lipinski definition) is 2. The molecular weight excluding hydrogens is 174 g/mol. The second kappa shape index (κ2) is 5.72. The Bertz CT molecular complexity index is 150. The first kappa shape index (κ1) is 12.0. The molecule has 0 unspecified atom stereocenters. The lowest BCUT2D eigenvalue weighted by Gasteiger charge is -2.41. The van der Waals surface area contributed by atoms with Crippen molar-refractivity contribution in [3.8, 4) is 0 Å². The van der Waals surface area contributed by atoms with Gasteiger partial charge in [0.2, 0.25) is 0 Å². The van der Waals surface area contributed by atoms with E-state index in [-0.39, 0.29) is 0 Å². The molecule has 1 saturated heterocycles. The van der Waals surface area contributed by atoms with Crippen molar-refractivity contribution in [2.24, 2.45) is 11.3 Å². The van der Waals surface area contributed by atoms with Crippen LogP contribution in [-0.2, 0) is 4.74 Å². The van der Waals surface area contributed by atoms with Gasteiger partial charge in [0.1, 0.15) is 0 Å². The van der Waals surface area contributed by atoms with E-state index in [9.17, 15) is 0 Å². The van der Waals surface area contributed by atoms with Crippen LogP contribution in [0.5, 0.6) is 0 Å². The van der Waals surface area contributed by atoms with Crippen LogP contribution in [0, 0.1) is 11.3 Å². The van der Waals surface area contributed by atoms with Crippen LogP contribution < -0.4 is 5.32 Å². The van der Waals surface area contributed by atoms with Crippen LogP contribution in [0.3, 0.4) is 0 Å². The van der Waals surface area contributed by atoms with E-state index >= 15 is 0 Å². The minimum Gasteiger partial charge on any atom is -0.381 e. The average molecular weight is 199 g/mol. The molecule has 14 heavy (non-hydrogen) atoms. The molecular formula is C12H25NO. The maximum atomic E-state index is 5.45. The van der Waals surface area contributed by atoms with Gasteiger partial charge in [0.15, 0.2) is 0 Å². The summed E-state index contributed by atoms with van der Waals surface area (Å²) >= 11 is 0. The monoisotopic (exact) mass is 199 g/mol. The Labute approximate surface area is 88.4 Å². The van der Waals surface area contributed by atoms with Crippen molar-refractivity contribution >= 4 is 0 Å². The van der Waals surface area contributed by atoms with Crippen molar-refractivity contribution in [1.29, 1.82) is 0 Å². The standard InChI is InChI=1S/C12H25NO/c1-4-7-13-10-12(11(2)3)5-8-14-9-6-12/h11,13H,4-10H2,1-3H3. The van der Waals surface area contributed by atoms with Crippen molar-refractivity contribution in [3.63, 3.8) is 0 Å². The molecule has 2 nitrogen and oxygen atoms in total. The maximum Gasteiger partial charge on any atom is 0.0471 e. The molecule has 1 aliphatic heterocycles. The maximum absolute atomic E-state index is 5.45. The van der Waals surface area contributed by atoms with Crippen molar-refractivity contribution < 1.29 is 4.74 Å².